The van der Waals surface area contributed by atoms with Crippen molar-refractivity contribution in [2.45, 2.75) is 77.3 Å². The monoisotopic (exact) mass is 489 g/mol. The van der Waals surface area contributed by atoms with Crippen molar-refractivity contribution in [3.8, 4) is 0 Å². The number of hydrogen-bond acceptors (Lipinski definition) is 6. The molecule has 3 N–H and O–H groups in total. The lowest BCUT2D eigenvalue weighted by molar-refractivity contribution is -0.139. The van der Waals surface area contributed by atoms with Crippen LogP contribution in [0, 0.1) is 0 Å². The van der Waals surface area contributed by atoms with Crippen LogP contribution in [0.4, 0.5) is 10.6 Å². The number of rotatable bonds is 14. The average Bonchev–Trinajstić information content (AvgIpc) is 3.29. The summed E-state index contributed by atoms with van der Waals surface area (Å²) in [4.78, 5) is 33.2. The van der Waals surface area contributed by atoms with Gasteiger partial charge in [0.05, 0.1) is 6.61 Å². The molecule has 0 bridgehead atoms. The van der Waals surface area contributed by atoms with Crippen LogP contribution >= 0.6 is 0 Å². The quantitative estimate of drug-likeness (QED) is 0.345. The van der Waals surface area contributed by atoms with Gasteiger partial charge in [0.1, 0.15) is 11.9 Å². The van der Waals surface area contributed by atoms with Gasteiger partial charge in [0.2, 0.25) is 0 Å². The number of amides is 2. The smallest absolute Gasteiger partial charge is 0.326 e. The third-order valence-corrected chi connectivity index (χ3v) is 7.01. The molecule has 2 unspecified atom stereocenters. The number of carbonyl (C=O) groups excluding carboxylic acids is 1. The highest BCUT2D eigenvalue weighted by molar-refractivity contribution is 5.82. The number of aliphatic carboxylic acids is 1. The zero-order chi connectivity index (χ0) is 25.0. The highest BCUT2D eigenvalue weighted by atomic mass is 16.5. The van der Waals surface area contributed by atoms with E-state index < -0.39 is 12.0 Å². The van der Waals surface area contributed by atoms with Crippen LogP contribution in [0.1, 0.15) is 63.6 Å². The molecule has 0 spiro atoms. The van der Waals surface area contributed by atoms with E-state index in [0.29, 0.717) is 32.7 Å². The van der Waals surface area contributed by atoms with Gasteiger partial charge in [0.15, 0.2) is 0 Å². The number of hydrogen-bond donors (Lipinski definition) is 3. The molecular formula is C26H43N5O4. The molecule has 35 heavy (non-hydrogen) atoms. The summed E-state index contributed by atoms with van der Waals surface area (Å²) in [7, 11) is 0. The lowest BCUT2D eigenvalue weighted by Crippen LogP contribution is -2.50. The van der Waals surface area contributed by atoms with Crippen LogP contribution in [0.15, 0.2) is 12.1 Å². The van der Waals surface area contributed by atoms with Gasteiger partial charge in [0, 0.05) is 44.5 Å². The van der Waals surface area contributed by atoms with Crippen LogP contribution in [0.5, 0.6) is 0 Å². The fraction of sp³-hybridized carbons (Fsp3) is 0.731. The maximum absolute atomic E-state index is 12.6. The number of aryl methyl sites for hydroxylation is 2. The number of aromatic nitrogens is 1. The standard InChI is InChI=1S/C26H43N5O4/c1-3-35-19-18-30(15-5-4-10-22-12-11-21-9-6-14-27-24(21)28-22)17-13-23(25(32)33)29-26(34)31-16-7-8-20(31)2/h11-12,20,23H,3-10,13-19H2,1-2H3,(H,27,28)(H,29,34)(H,32,33). The van der Waals surface area contributed by atoms with Gasteiger partial charge in [-0.25, -0.2) is 14.6 Å². The molecule has 1 aromatic rings. The summed E-state index contributed by atoms with van der Waals surface area (Å²) in [6.07, 6.45) is 7.50. The predicted molar refractivity (Wildman–Crippen MR) is 137 cm³/mol. The van der Waals surface area contributed by atoms with E-state index in [-0.39, 0.29) is 12.1 Å². The molecule has 0 saturated carbocycles. The van der Waals surface area contributed by atoms with Gasteiger partial charge in [-0.05, 0) is 83.4 Å². The Bertz CT molecular complexity index is 821. The zero-order valence-corrected chi connectivity index (χ0v) is 21.4. The van der Waals surface area contributed by atoms with Gasteiger partial charge in [-0.15, -0.1) is 0 Å². The molecule has 2 aliphatic rings. The first-order valence-electron chi connectivity index (χ1n) is 13.3. The molecular weight excluding hydrogens is 446 g/mol. The lowest BCUT2D eigenvalue weighted by Gasteiger charge is -2.27. The predicted octanol–water partition coefficient (Wildman–Crippen LogP) is 3.14. The van der Waals surface area contributed by atoms with E-state index in [4.69, 9.17) is 9.72 Å². The zero-order valence-electron chi connectivity index (χ0n) is 21.4. The van der Waals surface area contributed by atoms with Crippen LogP contribution in [0.25, 0.3) is 0 Å². The van der Waals surface area contributed by atoms with Crippen molar-refractivity contribution in [3.63, 3.8) is 0 Å². The summed E-state index contributed by atoms with van der Waals surface area (Å²) in [6.45, 7) is 9.15. The Balaban J connectivity index is 1.45. The molecule has 196 valence electrons. The van der Waals surface area contributed by atoms with E-state index >= 15 is 0 Å². The number of carboxylic acids is 1. The molecule has 2 amide bonds. The minimum Gasteiger partial charge on any atom is -0.480 e. The number of likely N-dealkylation sites (tertiary alicyclic amines) is 1. The molecule has 2 aliphatic heterocycles. The van der Waals surface area contributed by atoms with Crippen LogP contribution in [-0.2, 0) is 22.4 Å². The molecule has 1 saturated heterocycles. The van der Waals surface area contributed by atoms with Gasteiger partial charge < -0.3 is 30.3 Å². The first kappa shape index (κ1) is 27.2. The molecule has 0 aliphatic carbocycles. The average molecular weight is 490 g/mol. The number of nitrogens with one attached hydrogen (secondary N) is 2. The van der Waals surface area contributed by atoms with Gasteiger partial charge in [-0.3, -0.25) is 0 Å². The Morgan fingerprint density at radius 1 is 1.29 bits per heavy atom. The fourth-order valence-corrected chi connectivity index (χ4v) is 4.86. The Kier molecular flexibility index (Phi) is 11.1. The van der Waals surface area contributed by atoms with Crippen LogP contribution in [-0.4, -0.2) is 89.9 Å². The van der Waals surface area contributed by atoms with E-state index in [1.165, 1.54) is 5.56 Å². The minimum atomic E-state index is -0.984. The van der Waals surface area contributed by atoms with E-state index in [2.05, 4.69) is 27.7 Å². The fourth-order valence-electron chi connectivity index (χ4n) is 4.86. The Hall–Kier alpha value is -2.39. The molecule has 1 fully saturated rings. The maximum atomic E-state index is 12.6. The highest BCUT2D eigenvalue weighted by Crippen LogP contribution is 2.20. The summed E-state index contributed by atoms with van der Waals surface area (Å²) in [5, 5.41) is 15.8. The summed E-state index contributed by atoms with van der Waals surface area (Å²) < 4.78 is 5.54. The Labute approximate surface area is 209 Å². The first-order chi connectivity index (χ1) is 17.0. The number of fused-ring (bicyclic) bond motifs is 1. The SMILES string of the molecule is CCOCCN(CCCCc1ccc2c(n1)NCCC2)CCC(NC(=O)N1CCCC1C)C(=O)O. The normalized spacial score (nSPS) is 18.3. The number of carboxylic acid groups (broad SMARTS) is 1. The largest absolute Gasteiger partial charge is 0.480 e. The number of ether oxygens (including phenoxy) is 1. The Morgan fingerprint density at radius 2 is 2.14 bits per heavy atom. The molecule has 1 aromatic heterocycles. The van der Waals surface area contributed by atoms with E-state index in [1.807, 2.05) is 13.8 Å². The minimum absolute atomic E-state index is 0.160. The molecule has 0 radical (unpaired) electrons. The summed E-state index contributed by atoms with van der Waals surface area (Å²) in [6, 6.07) is 3.33. The third kappa shape index (κ3) is 8.65. The maximum Gasteiger partial charge on any atom is 0.326 e. The van der Waals surface area contributed by atoms with Crippen molar-refractivity contribution in [1.82, 2.24) is 20.1 Å². The van der Waals surface area contributed by atoms with E-state index in [0.717, 1.165) is 76.1 Å². The van der Waals surface area contributed by atoms with Gasteiger partial charge in [-0.1, -0.05) is 6.07 Å². The van der Waals surface area contributed by atoms with Gasteiger partial charge in [-0.2, -0.15) is 0 Å². The second-order valence-corrected chi connectivity index (χ2v) is 9.65. The molecule has 9 nitrogen and oxygen atoms in total. The van der Waals surface area contributed by atoms with Crippen molar-refractivity contribution in [1.29, 1.82) is 0 Å². The van der Waals surface area contributed by atoms with Crippen molar-refractivity contribution >= 4 is 17.8 Å². The van der Waals surface area contributed by atoms with Crippen molar-refractivity contribution in [3.05, 3.63) is 23.4 Å². The first-order valence-corrected chi connectivity index (χ1v) is 13.3. The van der Waals surface area contributed by atoms with Gasteiger partial charge in [0.25, 0.3) is 0 Å². The summed E-state index contributed by atoms with van der Waals surface area (Å²) in [5.41, 5.74) is 2.42. The molecule has 3 heterocycles. The number of carbonyl (C=O) groups is 2. The Morgan fingerprint density at radius 3 is 2.89 bits per heavy atom. The second kappa shape index (κ2) is 14.2. The number of nitrogens with zero attached hydrogens (tertiary/aromatic N) is 3. The number of unbranched alkanes of at least 4 members (excludes halogenated alkanes) is 1. The van der Waals surface area contributed by atoms with Crippen molar-refractivity contribution in [2.24, 2.45) is 0 Å². The molecule has 0 aromatic carbocycles. The van der Waals surface area contributed by atoms with E-state index in [1.54, 1.807) is 4.90 Å². The van der Waals surface area contributed by atoms with Crippen LogP contribution in [0.2, 0.25) is 0 Å². The van der Waals surface area contributed by atoms with Crippen molar-refractivity contribution < 1.29 is 19.4 Å². The second-order valence-electron chi connectivity index (χ2n) is 9.65. The highest BCUT2D eigenvalue weighted by Gasteiger charge is 2.29. The van der Waals surface area contributed by atoms with Gasteiger partial charge >= 0.3 is 12.0 Å². The summed E-state index contributed by atoms with van der Waals surface area (Å²) in [5.74, 6) is 0.0548. The molecule has 3 rings (SSSR count). The number of pyridine rings is 1. The molecule has 2 atom stereocenters. The van der Waals surface area contributed by atoms with Crippen LogP contribution in [0.3, 0.4) is 0 Å². The third-order valence-electron chi connectivity index (χ3n) is 7.01. The van der Waals surface area contributed by atoms with E-state index in [9.17, 15) is 14.7 Å². The number of anilines is 1. The lowest BCUT2D eigenvalue weighted by atomic mass is 10.1. The topological polar surface area (TPSA) is 107 Å². The van der Waals surface area contributed by atoms with Crippen LogP contribution < -0.4 is 10.6 Å². The number of urea groups is 1. The van der Waals surface area contributed by atoms with Crippen molar-refractivity contribution in [2.75, 3.05) is 51.3 Å². The molecule has 9 heteroatoms. The summed E-state index contributed by atoms with van der Waals surface area (Å²) >= 11 is 0.